The van der Waals surface area contributed by atoms with E-state index < -0.39 is 17.9 Å². The molecule has 0 amide bonds. The number of aryl methyl sites for hydroxylation is 1. The summed E-state index contributed by atoms with van der Waals surface area (Å²) in [7, 11) is 0. The molecule has 0 saturated carbocycles. The lowest BCUT2D eigenvalue weighted by Crippen LogP contribution is -2.28. The van der Waals surface area contributed by atoms with Gasteiger partial charge in [0.25, 0.3) is 0 Å². The summed E-state index contributed by atoms with van der Waals surface area (Å²) in [5.41, 5.74) is 1.38. The highest BCUT2D eigenvalue weighted by atomic mass is 16.6. The molecule has 4 nitrogen and oxygen atoms in total. The quantitative estimate of drug-likeness (QED) is 0.325. The zero-order valence-corrected chi connectivity index (χ0v) is 15.0. The third-order valence-electron chi connectivity index (χ3n) is 3.94. The van der Waals surface area contributed by atoms with Gasteiger partial charge >= 0.3 is 11.9 Å². The van der Waals surface area contributed by atoms with Gasteiger partial charge in [0.15, 0.2) is 5.92 Å². The van der Waals surface area contributed by atoms with E-state index in [2.05, 4.69) is 24.3 Å². The zero-order valence-electron chi connectivity index (χ0n) is 15.0. The van der Waals surface area contributed by atoms with Crippen molar-refractivity contribution in [2.45, 2.75) is 58.8 Å². The van der Waals surface area contributed by atoms with Crippen molar-refractivity contribution in [1.82, 2.24) is 0 Å². The maximum Gasteiger partial charge on any atom is 0.320 e. The van der Waals surface area contributed by atoms with Crippen molar-refractivity contribution in [3.63, 3.8) is 0 Å². The van der Waals surface area contributed by atoms with Crippen LogP contribution in [0, 0.1) is 5.92 Å². The standard InChI is InChI=1S/C20H30O4/c1-3-23-19(21)18(20(22)24-4-2)16-12-7-5-6-9-13-17-14-10-8-11-15-17/h8,10-11,14-15,18H,3-7,9,12-13,16H2,1-2H3. The number of rotatable bonds is 12. The Bertz CT molecular complexity index is 452. The van der Waals surface area contributed by atoms with Crippen molar-refractivity contribution in [3.05, 3.63) is 35.9 Å². The van der Waals surface area contributed by atoms with Crippen molar-refractivity contribution >= 4 is 11.9 Å². The maximum atomic E-state index is 11.9. The highest BCUT2D eigenvalue weighted by Gasteiger charge is 2.28. The van der Waals surface area contributed by atoms with E-state index in [1.54, 1.807) is 13.8 Å². The minimum absolute atomic E-state index is 0.286. The van der Waals surface area contributed by atoms with Gasteiger partial charge in [-0.2, -0.15) is 0 Å². The molecule has 0 aliphatic carbocycles. The van der Waals surface area contributed by atoms with Crippen molar-refractivity contribution < 1.29 is 19.1 Å². The smallest absolute Gasteiger partial charge is 0.320 e. The Morgan fingerprint density at radius 1 is 0.833 bits per heavy atom. The van der Waals surface area contributed by atoms with Gasteiger partial charge in [-0.3, -0.25) is 9.59 Å². The van der Waals surface area contributed by atoms with Crippen LogP contribution >= 0.6 is 0 Å². The highest BCUT2D eigenvalue weighted by molar-refractivity contribution is 5.94. The molecule has 0 radical (unpaired) electrons. The van der Waals surface area contributed by atoms with Gasteiger partial charge in [-0.1, -0.05) is 56.0 Å². The van der Waals surface area contributed by atoms with Crippen LogP contribution in [0.25, 0.3) is 0 Å². The lowest BCUT2D eigenvalue weighted by Gasteiger charge is -2.14. The lowest BCUT2D eigenvalue weighted by molar-refractivity contribution is -0.161. The topological polar surface area (TPSA) is 52.6 Å². The van der Waals surface area contributed by atoms with E-state index in [1.807, 2.05) is 6.07 Å². The molecule has 0 aliphatic heterocycles. The second-order valence-electron chi connectivity index (χ2n) is 5.85. The molecule has 0 N–H and O–H groups in total. The second-order valence-corrected chi connectivity index (χ2v) is 5.85. The van der Waals surface area contributed by atoms with E-state index in [1.165, 1.54) is 18.4 Å². The van der Waals surface area contributed by atoms with Crippen LogP contribution in [-0.4, -0.2) is 25.2 Å². The van der Waals surface area contributed by atoms with Gasteiger partial charge in [-0.05, 0) is 38.7 Å². The molecule has 0 heterocycles. The van der Waals surface area contributed by atoms with Crippen LogP contribution in [-0.2, 0) is 25.5 Å². The Morgan fingerprint density at radius 3 is 1.96 bits per heavy atom. The predicted molar refractivity (Wildman–Crippen MR) is 94.6 cm³/mol. The van der Waals surface area contributed by atoms with Gasteiger partial charge in [-0.15, -0.1) is 0 Å². The van der Waals surface area contributed by atoms with Gasteiger partial charge < -0.3 is 9.47 Å². The summed E-state index contributed by atoms with van der Waals surface area (Å²) in [6, 6.07) is 10.5. The molecule has 1 aromatic carbocycles. The van der Waals surface area contributed by atoms with E-state index >= 15 is 0 Å². The molecule has 1 rings (SSSR count). The van der Waals surface area contributed by atoms with E-state index in [-0.39, 0.29) is 13.2 Å². The number of hydrogen-bond donors (Lipinski definition) is 0. The van der Waals surface area contributed by atoms with Crippen molar-refractivity contribution in [2.24, 2.45) is 5.92 Å². The fraction of sp³-hybridized carbons (Fsp3) is 0.600. The van der Waals surface area contributed by atoms with Crippen LogP contribution in [0.4, 0.5) is 0 Å². The van der Waals surface area contributed by atoms with Gasteiger partial charge in [0.1, 0.15) is 0 Å². The molecule has 0 bridgehead atoms. The summed E-state index contributed by atoms with van der Waals surface area (Å²) in [6.07, 6.45) is 6.93. The summed E-state index contributed by atoms with van der Waals surface area (Å²) in [6.45, 7) is 4.06. The summed E-state index contributed by atoms with van der Waals surface area (Å²) in [5, 5.41) is 0. The number of carbonyl (C=O) groups is 2. The minimum Gasteiger partial charge on any atom is -0.465 e. The van der Waals surface area contributed by atoms with E-state index in [9.17, 15) is 9.59 Å². The minimum atomic E-state index is -0.769. The molecule has 0 atom stereocenters. The first kappa shape index (κ1) is 20.2. The van der Waals surface area contributed by atoms with E-state index in [0.29, 0.717) is 6.42 Å². The molecular weight excluding hydrogens is 304 g/mol. The number of hydrogen-bond acceptors (Lipinski definition) is 4. The fourth-order valence-corrected chi connectivity index (χ4v) is 2.67. The molecule has 1 aromatic rings. The summed E-state index contributed by atoms with van der Waals surface area (Å²) < 4.78 is 9.95. The number of unbranched alkanes of at least 4 members (excludes halogenated alkanes) is 4. The largest absolute Gasteiger partial charge is 0.465 e. The van der Waals surface area contributed by atoms with Gasteiger partial charge in [-0.25, -0.2) is 0 Å². The van der Waals surface area contributed by atoms with Crippen molar-refractivity contribution in [3.8, 4) is 0 Å². The van der Waals surface area contributed by atoms with Crippen LogP contribution in [0.15, 0.2) is 30.3 Å². The number of esters is 2. The Hall–Kier alpha value is -1.84. The normalized spacial score (nSPS) is 10.6. The van der Waals surface area contributed by atoms with Gasteiger partial charge in [0.2, 0.25) is 0 Å². The average molecular weight is 334 g/mol. The molecule has 0 fully saturated rings. The molecule has 4 heteroatoms. The summed E-state index contributed by atoms with van der Waals surface area (Å²) in [4.78, 5) is 23.7. The second kappa shape index (κ2) is 12.6. The molecule has 0 saturated heterocycles. The highest BCUT2D eigenvalue weighted by Crippen LogP contribution is 2.16. The molecule has 0 unspecified atom stereocenters. The fourth-order valence-electron chi connectivity index (χ4n) is 2.67. The van der Waals surface area contributed by atoms with E-state index in [0.717, 1.165) is 25.7 Å². The third kappa shape index (κ3) is 8.14. The van der Waals surface area contributed by atoms with Crippen LogP contribution < -0.4 is 0 Å². The predicted octanol–water partition coefficient (Wildman–Crippen LogP) is 4.31. The Morgan fingerprint density at radius 2 is 1.38 bits per heavy atom. The SMILES string of the molecule is CCOC(=O)C(CCCCCCCc1ccccc1)C(=O)OCC. The third-order valence-corrected chi connectivity index (χ3v) is 3.94. The molecule has 24 heavy (non-hydrogen) atoms. The summed E-state index contributed by atoms with van der Waals surface area (Å²) in [5.74, 6) is -1.69. The first-order valence-corrected chi connectivity index (χ1v) is 9.06. The lowest BCUT2D eigenvalue weighted by atomic mass is 9.99. The monoisotopic (exact) mass is 334 g/mol. The van der Waals surface area contributed by atoms with Crippen molar-refractivity contribution in [1.29, 1.82) is 0 Å². The molecule has 134 valence electrons. The maximum absolute atomic E-state index is 11.9. The average Bonchev–Trinajstić information content (AvgIpc) is 2.58. The first-order valence-electron chi connectivity index (χ1n) is 9.06. The van der Waals surface area contributed by atoms with Crippen molar-refractivity contribution in [2.75, 3.05) is 13.2 Å². The van der Waals surface area contributed by atoms with E-state index in [4.69, 9.17) is 9.47 Å². The molecular formula is C20H30O4. The zero-order chi connectivity index (χ0) is 17.6. The Labute approximate surface area is 145 Å². The number of benzene rings is 1. The summed E-state index contributed by atoms with van der Waals surface area (Å²) >= 11 is 0. The van der Waals surface area contributed by atoms with Crippen LogP contribution in [0.2, 0.25) is 0 Å². The Kier molecular flexibility index (Phi) is 10.6. The van der Waals surface area contributed by atoms with Gasteiger partial charge in [0.05, 0.1) is 13.2 Å². The molecule has 0 aromatic heterocycles. The first-order chi connectivity index (χ1) is 11.7. The number of carbonyl (C=O) groups excluding carboxylic acids is 2. The van der Waals surface area contributed by atoms with Crippen LogP contribution in [0.1, 0.15) is 57.9 Å². The molecule has 0 spiro atoms. The molecule has 0 aliphatic rings. The number of ether oxygens (including phenoxy) is 2. The van der Waals surface area contributed by atoms with Gasteiger partial charge in [0, 0.05) is 0 Å². The Balaban J connectivity index is 2.19. The van der Waals surface area contributed by atoms with Crippen LogP contribution in [0.3, 0.4) is 0 Å². The van der Waals surface area contributed by atoms with Crippen LogP contribution in [0.5, 0.6) is 0 Å².